The zero-order valence-electron chi connectivity index (χ0n) is 11.9. The summed E-state index contributed by atoms with van der Waals surface area (Å²) in [5.74, 6) is 0. The molecule has 2 rings (SSSR count). The van der Waals surface area contributed by atoms with Gasteiger partial charge < -0.3 is 5.32 Å². The summed E-state index contributed by atoms with van der Waals surface area (Å²) in [6.07, 6.45) is 2.82. The number of rotatable bonds is 6. The number of hydrogen-bond donors (Lipinski definition) is 1. The SMILES string of the molecule is CCCNC(c1ccc(Br)s1)c1c(Cl)cnn1C(C)C. The van der Waals surface area contributed by atoms with E-state index >= 15 is 0 Å². The monoisotopic (exact) mass is 375 g/mol. The van der Waals surface area contributed by atoms with Gasteiger partial charge in [0.1, 0.15) is 0 Å². The fourth-order valence-corrected chi connectivity index (χ4v) is 3.88. The lowest BCUT2D eigenvalue weighted by molar-refractivity contribution is 0.474. The van der Waals surface area contributed by atoms with Crippen molar-refractivity contribution in [1.29, 1.82) is 0 Å². The highest BCUT2D eigenvalue weighted by atomic mass is 79.9. The number of nitrogens with zero attached hydrogens (tertiary/aromatic N) is 2. The Morgan fingerprint density at radius 2 is 2.20 bits per heavy atom. The molecule has 2 aromatic heterocycles. The molecule has 110 valence electrons. The molecule has 2 aromatic rings. The second-order valence-corrected chi connectivity index (χ2v) is 7.85. The second-order valence-electron chi connectivity index (χ2n) is 4.95. The van der Waals surface area contributed by atoms with Gasteiger partial charge in [-0.25, -0.2) is 0 Å². The van der Waals surface area contributed by atoms with Crippen LogP contribution >= 0.6 is 38.9 Å². The van der Waals surface area contributed by atoms with Gasteiger partial charge in [0.2, 0.25) is 0 Å². The summed E-state index contributed by atoms with van der Waals surface area (Å²) in [5, 5.41) is 8.72. The first-order valence-electron chi connectivity index (χ1n) is 6.76. The Balaban J connectivity index is 2.43. The van der Waals surface area contributed by atoms with Crippen LogP contribution in [0, 0.1) is 0 Å². The van der Waals surface area contributed by atoms with Gasteiger partial charge in [-0.1, -0.05) is 18.5 Å². The largest absolute Gasteiger partial charge is 0.304 e. The first-order chi connectivity index (χ1) is 9.54. The number of thiophene rings is 1. The summed E-state index contributed by atoms with van der Waals surface area (Å²) in [7, 11) is 0. The summed E-state index contributed by atoms with van der Waals surface area (Å²) in [6.45, 7) is 7.34. The van der Waals surface area contributed by atoms with Gasteiger partial charge >= 0.3 is 0 Å². The average Bonchev–Trinajstić information content (AvgIpc) is 2.98. The van der Waals surface area contributed by atoms with Crippen molar-refractivity contribution in [3.63, 3.8) is 0 Å². The van der Waals surface area contributed by atoms with Gasteiger partial charge in [-0.3, -0.25) is 4.68 Å². The molecule has 0 saturated carbocycles. The highest BCUT2D eigenvalue weighted by Crippen LogP contribution is 2.35. The predicted molar refractivity (Wildman–Crippen MR) is 89.8 cm³/mol. The van der Waals surface area contributed by atoms with Gasteiger partial charge in [0, 0.05) is 10.9 Å². The van der Waals surface area contributed by atoms with Crippen molar-refractivity contribution in [3.05, 3.63) is 37.7 Å². The molecule has 0 amide bonds. The van der Waals surface area contributed by atoms with E-state index in [0.717, 1.165) is 27.5 Å². The Hall–Kier alpha value is -0.360. The molecule has 3 nitrogen and oxygen atoms in total. The third-order valence-corrected chi connectivity index (χ3v) is 5.01. The Kier molecular flexibility index (Phi) is 5.66. The van der Waals surface area contributed by atoms with Crippen molar-refractivity contribution in [3.8, 4) is 0 Å². The molecular weight excluding hydrogens is 358 g/mol. The van der Waals surface area contributed by atoms with Crippen molar-refractivity contribution in [2.75, 3.05) is 6.54 Å². The third kappa shape index (κ3) is 3.45. The average molecular weight is 377 g/mol. The molecule has 0 aliphatic carbocycles. The normalized spacial score (nSPS) is 13.1. The lowest BCUT2D eigenvalue weighted by Gasteiger charge is -2.21. The molecule has 0 fully saturated rings. The quantitative estimate of drug-likeness (QED) is 0.766. The molecule has 0 spiro atoms. The van der Waals surface area contributed by atoms with Crippen LogP contribution in [0.25, 0.3) is 0 Å². The minimum atomic E-state index is 0.0867. The molecule has 0 bridgehead atoms. The van der Waals surface area contributed by atoms with Crippen molar-refractivity contribution >= 4 is 38.9 Å². The molecule has 0 aliphatic rings. The molecule has 2 heterocycles. The Bertz CT molecular complexity index is 565. The fraction of sp³-hybridized carbons (Fsp3) is 0.500. The van der Waals surface area contributed by atoms with Crippen molar-refractivity contribution in [1.82, 2.24) is 15.1 Å². The summed E-state index contributed by atoms with van der Waals surface area (Å²) in [5.41, 5.74) is 1.05. The van der Waals surface area contributed by atoms with Crippen LogP contribution in [0.15, 0.2) is 22.1 Å². The Labute approximate surface area is 137 Å². The van der Waals surface area contributed by atoms with E-state index in [2.05, 4.69) is 59.2 Å². The van der Waals surface area contributed by atoms with Crippen molar-refractivity contribution < 1.29 is 0 Å². The summed E-state index contributed by atoms with van der Waals surface area (Å²) in [4.78, 5) is 1.25. The zero-order valence-corrected chi connectivity index (χ0v) is 15.0. The van der Waals surface area contributed by atoms with Crippen LogP contribution in [-0.2, 0) is 0 Å². The van der Waals surface area contributed by atoms with Crippen molar-refractivity contribution in [2.24, 2.45) is 0 Å². The maximum absolute atomic E-state index is 6.39. The molecule has 6 heteroatoms. The minimum absolute atomic E-state index is 0.0867. The Morgan fingerprint density at radius 1 is 1.45 bits per heavy atom. The van der Waals surface area contributed by atoms with Gasteiger partial charge in [0.15, 0.2) is 0 Å². The van der Waals surface area contributed by atoms with Crippen LogP contribution in [0.5, 0.6) is 0 Å². The molecule has 0 saturated heterocycles. The standard InChI is InChI=1S/C14H19BrClN3S/c1-4-7-17-13(11-5-6-12(15)20-11)14-10(16)8-18-19(14)9(2)3/h5-6,8-9,13,17H,4,7H2,1-3H3. The molecule has 20 heavy (non-hydrogen) atoms. The summed E-state index contributed by atoms with van der Waals surface area (Å²) < 4.78 is 3.13. The first kappa shape index (κ1) is 16.0. The van der Waals surface area contributed by atoms with Gasteiger partial charge in [-0.05, 0) is 54.9 Å². The smallest absolute Gasteiger partial charge is 0.0857 e. The molecular formula is C14H19BrClN3S. The minimum Gasteiger partial charge on any atom is -0.304 e. The van der Waals surface area contributed by atoms with Crippen LogP contribution in [0.1, 0.15) is 49.8 Å². The topological polar surface area (TPSA) is 29.9 Å². The van der Waals surface area contributed by atoms with Gasteiger partial charge in [0.25, 0.3) is 0 Å². The number of nitrogens with one attached hydrogen (secondary N) is 1. The van der Waals surface area contributed by atoms with Gasteiger partial charge in [-0.15, -0.1) is 11.3 Å². The first-order valence-corrected chi connectivity index (χ1v) is 8.74. The van der Waals surface area contributed by atoms with Gasteiger partial charge in [-0.2, -0.15) is 5.10 Å². The molecule has 0 radical (unpaired) electrons. The lowest BCUT2D eigenvalue weighted by atomic mass is 10.1. The van der Waals surface area contributed by atoms with Crippen LogP contribution < -0.4 is 5.32 Å². The van der Waals surface area contributed by atoms with E-state index < -0.39 is 0 Å². The predicted octanol–water partition coefficient (Wildman–Crippen LogP) is 5.03. The molecule has 1 atom stereocenters. The van der Waals surface area contributed by atoms with Crippen LogP contribution in [0.2, 0.25) is 5.02 Å². The second kappa shape index (κ2) is 7.07. The van der Waals surface area contributed by atoms with E-state index in [1.807, 2.05) is 4.68 Å². The van der Waals surface area contributed by atoms with E-state index in [-0.39, 0.29) is 12.1 Å². The zero-order chi connectivity index (χ0) is 14.7. The van der Waals surface area contributed by atoms with Gasteiger partial charge in [0.05, 0.1) is 26.7 Å². The molecule has 1 N–H and O–H groups in total. The van der Waals surface area contributed by atoms with E-state index in [4.69, 9.17) is 11.6 Å². The number of halogens is 2. The van der Waals surface area contributed by atoms with Crippen molar-refractivity contribution in [2.45, 2.75) is 39.3 Å². The maximum atomic E-state index is 6.39. The van der Waals surface area contributed by atoms with Crippen LogP contribution in [-0.4, -0.2) is 16.3 Å². The van der Waals surface area contributed by atoms with Crippen LogP contribution in [0.3, 0.4) is 0 Å². The van der Waals surface area contributed by atoms with E-state index in [9.17, 15) is 0 Å². The lowest BCUT2D eigenvalue weighted by Crippen LogP contribution is -2.26. The fourth-order valence-electron chi connectivity index (χ4n) is 2.14. The number of aromatic nitrogens is 2. The van der Waals surface area contributed by atoms with E-state index in [1.165, 1.54) is 4.88 Å². The highest BCUT2D eigenvalue weighted by Gasteiger charge is 2.24. The summed E-state index contributed by atoms with van der Waals surface area (Å²) in [6, 6.07) is 4.58. The molecule has 1 unspecified atom stereocenters. The highest BCUT2D eigenvalue weighted by molar-refractivity contribution is 9.11. The molecule has 0 aliphatic heterocycles. The number of hydrogen-bond acceptors (Lipinski definition) is 3. The van der Waals surface area contributed by atoms with E-state index in [1.54, 1.807) is 17.5 Å². The van der Waals surface area contributed by atoms with Crippen LogP contribution in [0.4, 0.5) is 0 Å². The van der Waals surface area contributed by atoms with E-state index in [0.29, 0.717) is 0 Å². The molecule has 0 aromatic carbocycles. The summed E-state index contributed by atoms with van der Waals surface area (Å²) >= 11 is 11.7. The third-order valence-electron chi connectivity index (χ3n) is 3.03. The Morgan fingerprint density at radius 3 is 2.75 bits per heavy atom. The maximum Gasteiger partial charge on any atom is 0.0857 e.